The fraction of sp³-hybridized carbons (Fsp3) is 0.500. The van der Waals surface area contributed by atoms with Crippen LogP contribution in [0.5, 0.6) is 0 Å². The van der Waals surface area contributed by atoms with E-state index in [2.05, 4.69) is 15.2 Å². The molecule has 0 radical (unpaired) electrons. The molecule has 33 heavy (non-hydrogen) atoms. The van der Waals surface area contributed by atoms with E-state index in [1.54, 1.807) is 11.0 Å². The summed E-state index contributed by atoms with van der Waals surface area (Å²) in [6.45, 7) is 4.11. The van der Waals surface area contributed by atoms with E-state index in [0.717, 1.165) is 69.5 Å². The maximum Gasteiger partial charge on any atom is 0.253 e. The lowest BCUT2D eigenvalue weighted by Crippen LogP contribution is -2.56. The van der Waals surface area contributed by atoms with Crippen LogP contribution in [0, 0.1) is 6.92 Å². The van der Waals surface area contributed by atoms with E-state index in [9.17, 15) is 14.4 Å². The van der Waals surface area contributed by atoms with Gasteiger partial charge < -0.3 is 15.1 Å². The van der Waals surface area contributed by atoms with Crippen molar-refractivity contribution < 1.29 is 14.4 Å². The topological polar surface area (TPSA) is 85.8 Å². The van der Waals surface area contributed by atoms with Crippen molar-refractivity contribution in [2.45, 2.75) is 51.5 Å². The normalized spacial score (nSPS) is 20.3. The van der Waals surface area contributed by atoms with Crippen molar-refractivity contribution in [3.8, 4) is 0 Å². The van der Waals surface area contributed by atoms with Gasteiger partial charge in [-0.15, -0.1) is 11.3 Å². The fourth-order valence-electron chi connectivity index (χ4n) is 5.05. The number of carbonyl (C=O) groups excluding carboxylic acids is 3. The van der Waals surface area contributed by atoms with E-state index in [1.165, 1.54) is 11.3 Å². The first kappa shape index (κ1) is 21.9. The van der Waals surface area contributed by atoms with Crippen LogP contribution in [0.4, 0.5) is 16.5 Å². The summed E-state index contributed by atoms with van der Waals surface area (Å²) in [6, 6.07) is 5.36. The van der Waals surface area contributed by atoms with Crippen molar-refractivity contribution in [1.29, 1.82) is 0 Å². The standard InChI is InChI=1S/C24H29N5O3S/c1-16-15-33-24(25-16)26-21(30)14-29-20-13-17(22(31)27-10-4-2-5-11-27)8-9-18(20)28-12-6-3-7-19(28)23(29)32/h8-9,13,15,19H,2-7,10-12,14H2,1H3,(H,25,26,30)/t19-/m1/s1. The predicted molar refractivity (Wildman–Crippen MR) is 129 cm³/mol. The molecule has 2 aromatic rings. The van der Waals surface area contributed by atoms with Crippen LogP contribution in [0.1, 0.15) is 54.6 Å². The molecule has 3 aliphatic rings. The number of hydrogen-bond donors (Lipinski definition) is 1. The highest BCUT2D eigenvalue weighted by Gasteiger charge is 2.40. The van der Waals surface area contributed by atoms with Gasteiger partial charge in [0.25, 0.3) is 5.91 Å². The Morgan fingerprint density at radius 3 is 2.64 bits per heavy atom. The molecule has 9 heteroatoms. The van der Waals surface area contributed by atoms with Gasteiger partial charge in [0.1, 0.15) is 12.6 Å². The third kappa shape index (κ3) is 4.34. The van der Waals surface area contributed by atoms with Gasteiger partial charge in [0.05, 0.1) is 17.1 Å². The van der Waals surface area contributed by atoms with Crippen molar-refractivity contribution in [2.24, 2.45) is 0 Å². The van der Waals surface area contributed by atoms with Crippen LogP contribution in [-0.2, 0) is 9.59 Å². The van der Waals surface area contributed by atoms with Gasteiger partial charge in [-0.05, 0) is 63.6 Å². The average Bonchev–Trinajstić information content (AvgIpc) is 3.25. The number of benzene rings is 1. The molecule has 3 amide bonds. The lowest BCUT2D eigenvalue weighted by Gasteiger charge is -2.45. The molecule has 4 heterocycles. The average molecular weight is 468 g/mol. The zero-order chi connectivity index (χ0) is 22.9. The number of aryl methyl sites for hydroxylation is 1. The van der Waals surface area contributed by atoms with Gasteiger partial charge in [-0.1, -0.05) is 0 Å². The lowest BCUT2D eigenvalue weighted by molar-refractivity contribution is -0.123. The third-order valence-electron chi connectivity index (χ3n) is 6.69. The molecule has 1 atom stereocenters. The van der Waals surface area contributed by atoms with Crippen molar-refractivity contribution >= 4 is 45.6 Å². The highest BCUT2D eigenvalue weighted by atomic mass is 32.1. The van der Waals surface area contributed by atoms with Gasteiger partial charge in [-0.25, -0.2) is 4.98 Å². The van der Waals surface area contributed by atoms with E-state index < -0.39 is 0 Å². The number of aromatic nitrogens is 1. The summed E-state index contributed by atoms with van der Waals surface area (Å²) in [4.78, 5) is 49.4. The highest BCUT2D eigenvalue weighted by molar-refractivity contribution is 7.13. The number of carbonyl (C=O) groups is 3. The Bertz CT molecular complexity index is 1080. The maximum absolute atomic E-state index is 13.5. The number of amides is 3. The Morgan fingerprint density at radius 2 is 1.88 bits per heavy atom. The number of likely N-dealkylation sites (tertiary alicyclic amines) is 1. The first-order valence-corrected chi connectivity index (χ1v) is 12.6. The van der Waals surface area contributed by atoms with Crippen LogP contribution in [0.25, 0.3) is 0 Å². The molecule has 0 spiro atoms. The fourth-order valence-corrected chi connectivity index (χ4v) is 5.75. The molecule has 174 valence electrons. The minimum atomic E-state index is -0.291. The Hall–Kier alpha value is -2.94. The smallest absolute Gasteiger partial charge is 0.253 e. The number of anilines is 3. The Labute approximate surface area is 197 Å². The summed E-state index contributed by atoms with van der Waals surface area (Å²) in [6.07, 6.45) is 5.99. The molecule has 1 N–H and O–H groups in total. The van der Waals surface area contributed by atoms with E-state index in [0.29, 0.717) is 16.4 Å². The van der Waals surface area contributed by atoms with Crippen LogP contribution in [0.15, 0.2) is 23.6 Å². The van der Waals surface area contributed by atoms with Crippen LogP contribution in [0.3, 0.4) is 0 Å². The SMILES string of the molecule is Cc1csc(NC(=O)CN2C(=O)[C@H]3CCCCN3c3ccc(C(=O)N4CCCCC4)cc32)n1. The van der Waals surface area contributed by atoms with Crippen LogP contribution in [0.2, 0.25) is 0 Å². The first-order valence-electron chi connectivity index (χ1n) is 11.7. The van der Waals surface area contributed by atoms with Crippen molar-refractivity contribution in [1.82, 2.24) is 9.88 Å². The minimum absolute atomic E-state index is 0.00613. The highest BCUT2D eigenvalue weighted by Crippen LogP contribution is 2.40. The molecule has 0 aliphatic carbocycles. The summed E-state index contributed by atoms with van der Waals surface area (Å²) >= 11 is 1.36. The molecule has 1 aromatic carbocycles. The Balaban J connectivity index is 1.45. The summed E-state index contributed by atoms with van der Waals surface area (Å²) in [5.41, 5.74) is 2.98. The first-order chi connectivity index (χ1) is 16.0. The Morgan fingerprint density at radius 1 is 1.09 bits per heavy atom. The molecule has 3 aliphatic heterocycles. The Kier molecular flexibility index (Phi) is 6.05. The van der Waals surface area contributed by atoms with E-state index in [4.69, 9.17) is 0 Å². The lowest BCUT2D eigenvalue weighted by atomic mass is 9.95. The zero-order valence-corrected chi connectivity index (χ0v) is 19.7. The number of nitrogens with zero attached hydrogens (tertiary/aromatic N) is 4. The molecule has 2 fully saturated rings. The number of thiazole rings is 1. The predicted octanol–water partition coefficient (Wildman–Crippen LogP) is 3.42. The second-order valence-electron chi connectivity index (χ2n) is 9.03. The summed E-state index contributed by atoms with van der Waals surface area (Å²) in [7, 11) is 0. The second kappa shape index (κ2) is 9.13. The van der Waals surface area contributed by atoms with Gasteiger partial charge in [0.15, 0.2) is 5.13 Å². The van der Waals surface area contributed by atoms with Gasteiger partial charge in [0, 0.05) is 30.6 Å². The van der Waals surface area contributed by atoms with Crippen LogP contribution in [-0.4, -0.2) is 59.8 Å². The molecule has 0 saturated carbocycles. The van der Waals surface area contributed by atoms with Gasteiger partial charge in [0.2, 0.25) is 11.8 Å². The number of fused-ring (bicyclic) bond motifs is 3. The molecule has 8 nitrogen and oxygen atoms in total. The van der Waals surface area contributed by atoms with Crippen molar-refractivity contribution in [3.63, 3.8) is 0 Å². The maximum atomic E-state index is 13.5. The van der Waals surface area contributed by atoms with Gasteiger partial charge in [-0.3, -0.25) is 19.3 Å². The molecule has 0 unspecified atom stereocenters. The minimum Gasteiger partial charge on any atom is -0.358 e. The molecule has 5 rings (SSSR count). The quantitative estimate of drug-likeness (QED) is 0.745. The largest absolute Gasteiger partial charge is 0.358 e. The molecular weight excluding hydrogens is 438 g/mol. The van der Waals surface area contributed by atoms with Crippen LogP contribution >= 0.6 is 11.3 Å². The van der Waals surface area contributed by atoms with Crippen molar-refractivity contribution in [2.75, 3.05) is 41.3 Å². The number of nitrogens with one attached hydrogen (secondary N) is 1. The number of piperidine rings is 2. The van der Waals surface area contributed by atoms with E-state index in [-0.39, 0.29) is 30.3 Å². The summed E-state index contributed by atoms with van der Waals surface area (Å²) < 4.78 is 0. The summed E-state index contributed by atoms with van der Waals surface area (Å²) in [5, 5.41) is 5.20. The van der Waals surface area contributed by atoms with Crippen molar-refractivity contribution in [3.05, 3.63) is 34.8 Å². The molecule has 2 saturated heterocycles. The number of hydrogen-bond acceptors (Lipinski definition) is 6. The molecule has 1 aromatic heterocycles. The third-order valence-corrected chi connectivity index (χ3v) is 7.56. The van der Waals surface area contributed by atoms with E-state index >= 15 is 0 Å². The van der Waals surface area contributed by atoms with Gasteiger partial charge in [-0.2, -0.15) is 0 Å². The zero-order valence-electron chi connectivity index (χ0n) is 18.9. The molecular formula is C24H29N5O3S. The van der Waals surface area contributed by atoms with Crippen LogP contribution < -0.4 is 15.1 Å². The van der Waals surface area contributed by atoms with E-state index in [1.807, 2.05) is 29.3 Å². The molecule has 0 bridgehead atoms. The number of rotatable bonds is 4. The summed E-state index contributed by atoms with van der Waals surface area (Å²) in [5.74, 6) is -0.371. The second-order valence-corrected chi connectivity index (χ2v) is 9.89. The van der Waals surface area contributed by atoms with Gasteiger partial charge >= 0.3 is 0 Å². The monoisotopic (exact) mass is 467 g/mol.